The molecular weight excluding hydrogens is 522 g/mol. The lowest BCUT2D eigenvalue weighted by molar-refractivity contribution is -0.140. The largest absolute Gasteiger partial charge is 0.507 e. The van der Waals surface area contributed by atoms with E-state index in [1.54, 1.807) is 19.2 Å². The maximum atomic E-state index is 13.3. The van der Waals surface area contributed by atoms with E-state index in [2.05, 4.69) is 15.9 Å². The zero-order valence-corrected chi connectivity index (χ0v) is 22.2. The Morgan fingerprint density at radius 2 is 1.75 bits per heavy atom. The highest BCUT2D eigenvalue weighted by Gasteiger charge is 2.46. The molecular formula is C29H28BrNO5. The summed E-state index contributed by atoms with van der Waals surface area (Å²) >= 11 is 3.46. The molecule has 1 saturated heterocycles. The van der Waals surface area contributed by atoms with Crippen LogP contribution in [0.1, 0.15) is 42.1 Å². The van der Waals surface area contributed by atoms with Crippen molar-refractivity contribution >= 4 is 33.4 Å². The van der Waals surface area contributed by atoms with Crippen LogP contribution in [-0.2, 0) is 16.1 Å². The first-order valence-electron chi connectivity index (χ1n) is 11.6. The average molecular weight is 550 g/mol. The summed E-state index contributed by atoms with van der Waals surface area (Å²) in [5.41, 5.74) is 2.93. The molecule has 3 aromatic carbocycles. The Labute approximate surface area is 219 Å². The van der Waals surface area contributed by atoms with Crippen LogP contribution in [0.2, 0.25) is 0 Å². The van der Waals surface area contributed by atoms with Gasteiger partial charge in [-0.05, 0) is 73.9 Å². The van der Waals surface area contributed by atoms with Crippen molar-refractivity contribution in [3.05, 3.63) is 99.0 Å². The molecule has 3 aromatic rings. The Balaban J connectivity index is 1.83. The van der Waals surface area contributed by atoms with E-state index in [-0.39, 0.29) is 24.0 Å². The maximum absolute atomic E-state index is 13.3. The molecule has 1 aliphatic heterocycles. The molecule has 186 valence electrons. The topological polar surface area (TPSA) is 76.1 Å². The van der Waals surface area contributed by atoms with Gasteiger partial charge >= 0.3 is 0 Å². The summed E-state index contributed by atoms with van der Waals surface area (Å²) in [5, 5.41) is 11.3. The zero-order valence-electron chi connectivity index (χ0n) is 20.6. The van der Waals surface area contributed by atoms with Gasteiger partial charge in [0.15, 0.2) is 0 Å². The summed E-state index contributed by atoms with van der Waals surface area (Å²) in [6, 6.07) is 19.2. The van der Waals surface area contributed by atoms with Crippen LogP contribution in [0.4, 0.5) is 0 Å². The number of Topliss-reactive ketones (excluding diaryl/α,β-unsaturated/α-hetero) is 1. The van der Waals surface area contributed by atoms with Crippen LogP contribution in [0.25, 0.3) is 5.76 Å². The first-order valence-corrected chi connectivity index (χ1v) is 12.4. The molecule has 1 atom stereocenters. The van der Waals surface area contributed by atoms with Gasteiger partial charge in [-0.25, -0.2) is 0 Å². The van der Waals surface area contributed by atoms with Crippen molar-refractivity contribution in [3.63, 3.8) is 0 Å². The van der Waals surface area contributed by atoms with Gasteiger partial charge in [0.1, 0.15) is 17.3 Å². The Kier molecular flexibility index (Phi) is 7.50. The third-order valence-electron chi connectivity index (χ3n) is 6.03. The molecule has 0 aliphatic carbocycles. The van der Waals surface area contributed by atoms with Crippen LogP contribution < -0.4 is 9.47 Å². The van der Waals surface area contributed by atoms with Gasteiger partial charge in [0.25, 0.3) is 11.7 Å². The number of hydrogen-bond donors (Lipinski definition) is 1. The Hall–Kier alpha value is -3.58. The standard InChI is InChI=1S/C29H28BrNO5/c1-17(2)36-22-11-8-20(9-12-22)26-25(27(32)21-10-13-24(30)18(3)14-21)28(33)29(34)31(26)16-19-6-5-7-23(15-19)35-4/h5-15,17,26,32H,16H2,1-4H3/b27-25-. The van der Waals surface area contributed by atoms with Crippen molar-refractivity contribution in [1.29, 1.82) is 0 Å². The van der Waals surface area contributed by atoms with Gasteiger partial charge in [0.05, 0.1) is 24.8 Å². The van der Waals surface area contributed by atoms with Crippen LogP contribution in [0, 0.1) is 6.92 Å². The number of hydrogen-bond acceptors (Lipinski definition) is 5. The minimum atomic E-state index is -0.770. The number of carbonyl (C=O) groups is 2. The second kappa shape index (κ2) is 10.6. The molecule has 1 unspecified atom stereocenters. The number of aliphatic hydroxyl groups excluding tert-OH is 1. The molecule has 1 amide bonds. The van der Waals surface area contributed by atoms with E-state index in [1.165, 1.54) is 4.90 Å². The van der Waals surface area contributed by atoms with Crippen molar-refractivity contribution in [1.82, 2.24) is 4.90 Å². The van der Waals surface area contributed by atoms with E-state index in [9.17, 15) is 14.7 Å². The summed E-state index contributed by atoms with van der Waals surface area (Å²) in [5.74, 6) is -0.253. The third kappa shape index (κ3) is 5.16. The van der Waals surface area contributed by atoms with Crippen LogP contribution in [0.3, 0.4) is 0 Å². The molecule has 36 heavy (non-hydrogen) atoms. The normalized spacial score (nSPS) is 17.1. The lowest BCUT2D eigenvalue weighted by Crippen LogP contribution is -2.29. The molecule has 1 aliphatic rings. The summed E-state index contributed by atoms with van der Waals surface area (Å²) in [4.78, 5) is 28.1. The van der Waals surface area contributed by atoms with Crippen molar-refractivity contribution in [2.45, 2.75) is 39.5 Å². The molecule has 7 heteroatoms. The first-order chi connectivity index (χ1) is 17.2. The SMILES string of the molecule is COc1cccc(CN2C(=O)C(=O)/C(=C(\O)c3ccc(Br)c(C)c3)C2c2ccc(OC(C)C)cc2)c1. The van der Waals surface area contributed by atoms with Gasteiger partial charge in [0.2, 0.25) is 0 Å². The van der Waals surface area contributed by atoms with Crippen LogP contribution in [0.15, 0.2) is 76.8 Å². The lowest BCUT2D eigenvalue weighted by atomic mass is 9.94. The summed E-state index contributed by atoms with van der Waals surface area (Å²) in [7, 11) is 1.58. The van der Waals surface area contributed by atoms with Gasteiger partial charge in [-0.15, -0.1) is 0 Å². The maximum Gasteiger partial charge on any atom is 0.295 e. The minimum Gasteiger partial charge on any atom is -0.507 e. The average Bonchev–Trinajstić information content (AvgIpc) is 3.10. The third-order valence-corrected chi connectivity index (χ3v) is 6.92. The van der Waals surface area contributed by atoms with E-state index in [4.69, 9.17) is 9.47 Å². The van der Waals surface area contributed by atoms with Crippen LogP contribution in [-0.4, -0.2) is 34.9 Å². The smallest absolute Gasteiger partial charge is 0.295 e. The number of methoxy groups -OCH3 is 1. The van der Waals surface area contributed by atoms with Crippen molar-refractivity contribution in [2.75, 3.05) is 7.11 Å². The van der Waals surface area contributed by atoms with Crippen LogP contribution in [0.5, 0.6) is 11.5 Å². The second-order valence-electron chi connectivity index (χ2n) is 8.98. The Bertz CT molecular complexity index is 1330. The molecule has 0 radical (unpaired) electrons. The van der Waals surface area contributed by atoms with Crippen molar-refractivity contribution in [2.24, 2.45) is 0 Å². The number of nitrogens with zero attached hydrogens (tertiary/aromatic N) is 1. The van der Waals surface area contributed by atoms with Crippen molar-refractivity contribution < 1.29 is 24.2 Å². The highest BCUT2D eigenvalue weighted by atomic mass is 79.9. The van der Waals surface area contributed by atoms with E-state index < -0.39 is 17.7 Å². The van der Waals surface area contributed by atoms with Gasteiger partial charge < -0.3 is 19.5 Å². The number of halogens is 1. The number of ketones is 1. The number of likely N-dealkylation sites (tertiary alicyclic amines) is 1. The fourth-order valence-corrected chi connectivity index (χ4v) is 4.55. The molecule has 0 aromatic heterocycles. The van der Waals surface area contributed by atoms with E-state index in [1.807, 2.05) is 75.4 Å². The number of rotatable bonds is 7. The summed E-state index contributed by atoms with van der Waals surface area (Å²) in [6.45, 7) is 5.95. The predicted molar refractivity (Wildman–Crippen MR) is 142 cm³/mol. The molecule has 4 rings (SSSR count). The van der Waals surface area contributed by atoms with Gasteiger partial charge in [-0.3, -0.25) is 9.59 Å². The van der Waals surface area contributed by atoms with Crippen LogP contribution >= 0.6 is 15.9 Å². The molecule has 1 N–H and O–H groups in total. The number of ether oxygens (including phenoxy) is 2. The molecule has 6 nitrogen and oxygen atoms in total. The summed E-state index contributed by atoms with van der Waals surface area (Å²) < 4.78 is 12.0. The molecule has 0 bridgehead atoms. The van der Waals surface area contributed by atoms with E-state index in [0.29, 0.717) is 22.6 Å². The number of aliphatic hydroxyl groups is 1. The van der Waals surface area contributed by atoms with Gasteiger partial charge in [-0.2, -0.15) is 0 Å². The Morgan fingerprint density at radius 3 is 2.39 bits per heavy atom. The monoisotopic (exact) mass is 549 g/mol. The zero-order chi connectivity index (χ0) is 26.0. The molecule has 1 heterocycles. The Morgan fingerprint density at radius 1 is 1.03 bits per heavy atom. The predicted octanol–water partition coefficient (Wildman–Crippen LogP) is 6.18. The number of amides is 1. The lowest BCUT2D eigenvalue weighted by Gasteiger charge is -2.26. The first kappa shape index (κ1) is 25.5. The fourth-order valence-electron chi connectivity index (χ4n) is 4.31. The van der Waals surface area contributed by atoms with Gasteiger partial charge in [-0.1, -0.05) is 46.3 Å². The second-order valence-corrected chi connectivity index (χ2v) is 9.83. The highest BCUT2D eigenvalue weighted by molar-refractivity contribution is 9.10. The van der Waals surface area contributed by atoms with Crippen molar-refractivity contribution in [3.8, 4) is 11.5 Å². The number of aryl methyl sites for hydroxylation is 1. The molecule has 0 saturated carbocycles. The highest BCUT2D eigenvalue weighted by Crippen LogP contribution is 2.41. The fraction of sp³-hybridized carbons (Fsp3) is 0.241. The number of benzene rings is 3. The van der Waals surface area contributed by atoms with Gasteiger partial charge in [0, 0.05) is 16.6 Å². The molecule has 1 fully saturated rings. The minimum absolute atomic E-state index is 0.00944. The summed E-state index contributed by atoms with van der Waals surface area (Å²) in [6.07, 6.45) is 0.00944. The quantitative estimate of drug-likeness (QED) is 0.216. The number of carbonyl (C=O) groups excluding carboxylic acids is 2. The van der Waals surface area contributed by atoms with E-state index >= 15 is 0 Å². The molecule has 0 spiro atoms. The van der Waals surface area contributed by atoms with E-state index in [0.717, 1.165) is 15.6 Å².